The van der Waals surface area contributed by atoms with Crippen molar-refractivity contribution in [3.8, 4) is 5.75 Å². The molecule has 1 heterocycles. The van der Waals surface area contributed by atoms with E-state index < -0.39 is 0 Å². The average Bonchev–Trinajstić information content (AvgIpc) is 3.26. The van der Waals surface area contributed by atoms with Crippen molar-refractivity contribution in [1.82, 2.24) is 10.2 Å². The Hall–Kier alpha value is -1.71. The molecule has 23 heavy (non-hydrogen) atoms. The van der Waals surface area contributed by atoms with E-state index in [1.807, 2.05) is 17.0 Å². The zero-order valence-electron chi connectivity index (χ0n) is 14.1. The molecule has 2 aliphatic rings. The summed E-state index contributed by atoms with van der Waals surface area (Å²) < 4.78 is 5.20. The van der Waals surface area contributed by atoms with Crippen LogP contribution in [-0.2, 0) is 0 Å². The lowest BCUT2D eigenvalue weighted by Crippen LogP contribution is -2.39. The van der Waals surface area contributed by atoms with Crippen molar-refractivity contribution in [3.63, 3.8) is 0 Å². The van der Waals surface area contributed by atoms with Crippen LogP contribution in [-0.4, -0.2) is 37.7 Å². The highest BCUT2D eigenvalue weighted by atomic mass is 16.5. The summed E-state index contributed by atoms with van der Waals surface area (Å²) in [6, 6.07) is 8.34. The highest BCUT2D eigenvalue weighted by molar-refractivity contribution is 5.74. The molecule has 4 nitrogen and oxygen atoms in total. The van der Waals surface area contributed by atoms with Gasteiger partial charge in [0.05, 0.1) is 7.11 Å². The summed E-state index contributed by atoms with van der Waals surface area (Å²) in [6.07, 6.45) is 7.62. The van der Waals surface area contributed by atoms with E-state index in [-0.39, 0.29) is 6.03 Å². The van der Waals surface area contributed by atoms with Crippen molar-refractivity contribution in [2.24, 2.45) is 5.92 Å². The quantitative estimate of drug-likeness (QED) is 0.898. The van der Waals surface area contributed by atoms with Crippen LogP contribution in [0.15, 0.2) is 24.3 Å². The molecule has 2 fully saturated rings. The largest absolute Gasteiger partial charge is 0.497 e. The molecular weight excluding hydrogens is 288 g/mol. The molecule has 1 saturated carbocycles. The molecule has 2 amide bonds. The Morgan fingerprint density at radius 2 is 1.96 bits per heavy atom. The molecule has 1 atom stereocenters. The highest BCUT2D eigenvalue weighted by Gasteiger charge is 2.27. The Morgan fingerprint density at radius 3 is 2.65 bits per heavy atom. The summed E-state index contributed by atoms with van der Waals surface area (Å²) in [7, 11) is 1.68. The molecular formula is C19H28N2O2. The van der Waals surface area contributed by atoms with Gasteiger partial charge in [0.25, 0.3) is 0 Å². The molecule has 0 aromatic heterocycles. The van der Waals surface area contributed by atoms with Crippen LogP contribution in [0.1, 0.15) is 50.0 Å². The molecule has 1 aromatic rings. The molecule has 1 saturated heterocycles. The Kier molecular flexibility index (Phi) is 5.42. The van der Waals surface area contributed by atoms with Crippen molar-refractivity contribution >= 4 is 6.03 Å². The lowest BCUT2D eigenvalue weighted by Gasteiger charge is -2.18. The van der Waals surface area contributed by atoms with Crippen LogP contribution < -0.4 is 10.1 Å². The van der Waals surface area contributed by atoms with Crippen LogP contribution in [0.25, 0.3) is 0 Å². The van der Waals surface area contributed by atoms with E-state index in [0.29, 0.717) is 5.92 Å². The number of nitrogens with one attached hydrogen (secondary N) is 1. The van der Waals surface area contributed by atoms with Gasteiger partial charge in [0, 0.05) is 25.6 Å². The fourth-order valence-electron chi connectivity index (χ4n) is 3.89. The maximum Gasteiger partial charge on any atom is 0.317 e. The molecule has 1 N–H and O–H groups in total. The van der Waals surface area contributed by atoms with Crippen molar-refractivity contribution in [1.29, 1.82) is 0 Å². The predicted molar refractivity (Wildman–Crippen MR) is 91.9 cm³/mol. The number of benzene rings is 1. The van der Waals surface area contributed by atoms with Crippen LogP contribution in [0.3, 0.4) is 0 Å². The lowest BCUT2D eigenvalue weighted by molar-refractivity contribution is 0.207. The number of nitrogens with zero attached hydrogens (tertiary/aromatic N) is 1. The first-order chi connectivity index (χ1) is 11.3. The third kappa shape index (κ3) is 4.18. The Balaban J connectivity index is 1.43. The van der Waals surface area contributed by atoms with Gasteiger partial charge in [-0.25, -0.2) is 4.79 Å². The van der Waals surface area contributed by atoms with Gasteiger partial charge < -0.3 is 15.0 Å². The number of methoxy groups -OCH3 is 1. The zero-order chi connectivity index (χ0) is 16.1. The SMILES string of the molecule is COc1ccc(C2CCN(C(=O)NCCC3CCCC3)C2)cc1. The minimum Gasteiger partial charge on any atom is -0.497 e. The second-order valence-corrected chi connectivity index (χ2v) is 6.88. The Bertz CT molecular complexity index is 509. The number of rotatable bonds is 5. The normalized spacial score (nSPS) is 21.6. The van der Waals surface area contributed by atoms with Gasteiger partial charge in [-0.1, -0.05) is 37.8 Å². The predicted octanol–water partition coefficient (Wildman–Crippen LogP) is 3.77. The summed E-state index contributed by atoms with van der Waals surface area (Å²) in [5.74, 6) is 2.16. The highest BCUT2D eigenvalue weighted by Crippen LogP contribution is 2.29. The number of hydrogen-bond donors (Lipinski definition) is 1. The van der Waals surface area contributed by atoms with Crippen LogP contribution in [0.5, 0.6) is 5.75 Å². The molecule has 1 aromatic carbocycles. The van der Waals surface area contributed by atoms with Crippen molar-refractivity contribution in [3.05, 3.63) is 29.8 Å². The summed E-state index contributed by atoms with van der Waals surface area (Å²) in [4.78, 5) is 14.3. The van der Waals surface area contributed by atoms with Crippen molar-refractivity contribution < 1.29 is 9.53 Å². The number of carbonyl (C=O) groups excluding carboxylic acids is 1. The molecule has 4 heteroatoms. The maximum absolute atomic E-state index is 12.3. The molecule has 3 rings (SSSR count). The van der Waals surface area contributed by atoms with Crippen LogP contribution in [0, 0.1) is 5.92 Å². The van der Waals surface area contributed by atoms with Gasteiger partial charge in [0.15, 0.2) is 0 Å². The first kappa shape index (κ1) is 16.2. The van der Waals surface area contributed by atoms with E-state index in [4.69, 9.17) is 4.74 Å². The van der Waals surface area contributed by atoms with Gasteiger partial charge in [-0.15, -0.1) is 0 Å². The standard InChI is InChI=1S/C19H28N2O2/c1-23-18-8-6-16(7-9-18)17-11-13-21(14-17)19(22)20-12-10-15-4-2-3-5-15/h6-9,15,17H,2-5,10-14H2,1H3,(H,20,22). The summed E-state index contributed by atoms with van der Waals surface area (Å²) >= 11 is 0. The van der Waals surface area contributed by atoms with Gasteiger partial charge in [0.1, 0.15) is 5.75 Å². The fourth-order valence-corrected chi connectivity index (χ4v) is 3.89. The number of carbonyl (C=O) groups is 1. The number of likely N-dealkylation sites (tertiary alicyclic amines) is 1. The summed E-state index contributed by atoms with van der Waals surface area (Å²) in [5.41, 5.74) is 1.30. The first-order valence-corrected chi connectivity index (χ1v) is 8.93. The maximum atomic E-state index is 12.3. The smallest absolute Gasteiger partial charge is 0.317 e. The van der Waals surface area contributed by atoms with Crippen molar-refractivity contribution in [2.75, 3.05) is 26.7 Å². The molecule has 126 valence electrons. The average molecular weight is 316 g/mol. The Labute approximate surface area is 139 Å². The van der Waals surface area contributed by atoms with Gasteiger partial charge in [-0.3, -0.25) is 0 Å². The minimum atomic E-state index is 0.110. The second kappa shape index (κ2) is 7.71. The van der Waals surface area contributed by atoms with Gasteiger partial charge in [0.2, 0.25) is 0 Å². The number of hydrogen-bond acceptors (Lipinski definition) is 2. The molecule has 1 unspecified atom stereocenters. The molecule has 0 bridgehead atoms. The van der Waals surface area contributed by atoms with Crippen LogP contribution in [0.2, 0.25) is 0 Å². The number of amides is 2. The first-order valence-electron chi connectivity index (χ1n) is 8.93. The molecule has 0 radical (unpaired) electrons. The van der Waals surface area contributed by atoms with Crippen molar-refractivity contribution in [2.45, 2.75) is 44.4 Å². The van der Waals surface area contributed by atoms with E-state index in [1.54, 1.807) is 7.11 Å². The second-order valence-electron chi connectivity index (χ2n) is 6.88. The number of urea groups is 1. The number of ether oxygens (including phenoxy) is 1. The van der Waals surface area contributed by atoms with E-state index in [0.717, 1.165) is 44.1 Å². The van der Waals surface area contributed by atoms with Crippen LogP contribution >= 0.6 is 0 Å². The van der Waals surface area contributed by atoms with E-state index in [9.17, 15) is 4.79 Å². The van der Waals surface area contributed by atoms with E-state index >= 15 is 0 Å². The third-order valence-electron chi connectivity index (χ3n) is 5.37. The van der Waals surface area contributed by atoms with Gasteiger partial charge in [-0.05, 0) is 36.5 Å². The molecule has 1 aliphatic heterocycles. The monoisotopic (exact) mass is 316 g/mol. The summed E-state index contributed by atoms with van der Waals surface area (Å²) in [6.45, 7) is 2.50. The zero-order valence-corrected chi connectivity index (χ0v) is 14.1. The molecule has 0 spiro atoms. The lowest BCUT2D eigenvalue weighted by atomic mass is 9.98. The third-order valence-corrected chi connectivity index (χ3v) is 5.37. The fraction of sp³-hybridized carbons (Fsp3) is 0.632. The Morgan fingerprint density at radius 1 is 1.22 bits per heavy atom. The molecule has 1 aliphatic carbocycles. The van der Waals surface area contributed by atoms with Gasteiger partial charge in [-0.2, -0.15) is 0 Å². The topological polar surface area (TPSA) is 41.6 Å². The minimum absolute atomic E-state index is 0.110. The van der Waals surface area contributed by atoms with E-state index in [2.05, 4.69) is 17.4 Å². The summed E-state index contributed by atoms with van der Waals surface area (Å²) in [5, 5.41) is 3.11. The van der Waals surface area contributed by atoms with Crippen LogP contribution in [0.4, 0.5) is 4.79 Å². The van der Waals surface area contributed by atoms with E-state index in [1.165, 1.54) is 31.2 Å². The van der Waals surface area contributed by atoms with Gasteiger partial charge >= 0.3 is 6.03 Å².